The van der Waals surface area contributed by atoms with E-state index in [1.165, 1.54) is 0 Å². The van der Waals surface area contributed by atoms with Crippen LogP contribution in [-0.2, 0) is 4.79 Å². The SMILES string of the molecule is CC[C@@H](C(=O)Nc1cc(C)ccc1C)n1nnc(C(=O)[O-])c1C(=O)[O-]. The van der Waals surface area contributed by atoms with Crippen molar-refractivity contribution >= 4 is 23.5 Å². The molecule has 1 amide bonds. The average Bonchev–Trinajstić information content (AvgIpc) is 2.97. The predicted octanol–water partition coefficient (Wildman–Crippen LogP) is -0.788. The Bertz CT molecular complexity index is 843. The van der Waals surface area contributed by atoms with Crippen molar-refractivity contribution < 1.29 is 24.6 Å². The van der Waals surface area contributed by atoms with Gasteiger partial charge in [-0.3, -0.25) is 4.79 Å². The Morgan fingerprint density at radius 3 is 2.44 bits per heavy atom. The van der Waals surface area contributed by atoms with Crippen molar-refractivity contribution in [2.75, 3.05) is 5.32 Å². The molecule has 1 aromatic heterocycles. The fourth-order valence-corrected chi connectivity index (χ4v) is 2.40. The van der Waals surface area contributed by atoms with Crippen LogP contribution in [0.5, 0.6) is 0 Å². The minimum atomic E-state index is -1.81. The summed E-state index contributed by atoms with van der Waals surface area (Å²) in [5.74, 6) is -4.16. The normalized spacial score (nSPS) is 11.8. The highest BCUT2D eigenvalue weighted by Crippen LogP contribution is 2.21. The summed E-state index contributed by atoms with van der Waals surface area (Å²) in [4.78, 5) is 34.8. The van der Waals surface area contributed by atoms with E-state index in [1.54, 1.807) is 13.0 Å². The highest BCUT2D eigenvalue weighted by atomic mass is 16.4. The molecule has 2 rings (SSSR count). The van der Waals surface area contributed by atoms with Crippen molar-refractivity contribution in [1.82, 2.24) is 15.0 Å². The van der Waals surface area contributed by atoms with Gasteiger partial charge in [-0.2, -0.15) is 0 Å². The molecule has 25 heavy (non-hydrogen) atoms. The minimum Gasteiger partial charge on any atom is -0.543 e. The monoisotopic (exact) mass is 344 g/mol. The second kappa shape index (κ2) is 7.12. The van der Waals surface area contributed by atoms with Gasteiger partial charge in [-0.25, -0.2) is 4.68 Å². The first kappa shape index (κ1) is 18.1. The molecule has 2 aromatic rings. The third kappa shape index (κ3) is 3.65. The van der Waals surface area contributed by atoms with E-state index in [2.05, 4.69) is 15.6 Å². The van der Waals surface area contributed by atoms with Crippen molar-refractivity contribution in [3.63, 3.8) is 0 Å². The van der Waals surface area contributed by atoms with Gasteiger partial charge in [0.2, 0.25) is 5.91 Å². The molecule has 1 aromatic carbocycles. The number of carbonyl (C=O) groups excluding carboxylic acids is 3. The fourth-order valence-electron chi connectivity index (χ4n) is 2.40. The van der Waals surface area contributed by atoms with E-state index in [1.807, 2.05) is 26.0 Å². The van der Waals surface area contributed by atoms with Gasteiger partial charge in [-0.1, -0.05) is 24.3 Å². The number of aryl methyl sites for hydroxylation is 2. The second-order valence-corrected chi connectivity index (χ2v) is 5.54. The number of carbonyl (C=O) groups is 3. The van der Waals surface area contributed by atoms with Gasteiger partial charge in [-0.15, -0.1) is 5.10 Å². The number of carboxylic acids is 2. The van der Waals surface area contributed by atoms with E-state index in [4.69, 9.17) is 0 Å². The van der Waals surface area contributed by atoms with Crippen molar-refractivity contribution in [3.05, 3.63) is 40.7 Å². The van der Waals surface area contributed by atoms with Crippen molar-refractivity contribution in [2.45, 2.75) is 33.2 Å². The molecule has 132 valence electrons. The highest BCUT2D eigenvalue weighted by Gasteiger charge is 2.26. The summed E-state index contributed by atoms with van der Waals surface area (Å²) in [5, 5.41) is 31.7. The number of benzene rings is 1. The van der Waals surface area contributed by atoms with Crippen LogP contribution in [-0.4, -0.2) is 32.8 Å². The maximum atomic E-state index is 12.6. The van der Waals surface area contributed by atoms with Crippen LogP contribution in [0.2, 0.25) is 0 Å². The Morgan fingerprint density at radius 2 is 1.88 bits per heavy atom. The lowest BCUT2D eigenvalue weighted by Crippen LogP contribution is -2.35. The van der Waals surface area contributed by atoms with Crippen LogP contribution in [0.4, 0.5) is 5.69 Å². The molecule has 0 aliphatic heterocycles. The largest absolute Gasteiger partial charge is 0.543 e. The van der Waals surface area contributed by atoms with Crippen LogP contribution in [0.3, 0.4) is 0 Å². The van der Waals surface area contributed by atoms with Crippen molar-refractivity contribution in [2.24, 2.45) is 0 Å². The third-order valence-corrected chi connectivity index (χ3v) is 3.72. The van der Waals surface area contributed by atoms with Gasteiger partial charge in [-0.05, 0) is 37.5 Å². The van der Waals surface area contributed by atoms with E-state index >= 15 is 0 Å². The zero-order chi connectivity index (χ0) is 18.7. The molecule has 0 radical (unpaired) electrons. The second-order valence-electron chi connectivity index (χ2n) is 5.54. The van der Waals surface area contributed by atoms with Gasteiger partial charge in [0.15, 0.2) is 0 Å². The summed E-state index contributed by atoms with van der Waals surface area (Å²) in [5.41, 5.74) is 0.645. The van der Waals surface area contributed by atoms with E-state index in [0.29, 0.717) is 5.69 Å². The molecule has 1 heterocycles. The summed E-state index contributed by atoms with van der Waals surface area (Å²) in [6.45, 7) is 5.31. The number of aromatic nitrogens is 3. The molecule has 0 unspecified atom stereocenters. The molecule has 0 aliphatic rings. The number of hydrogen-bond donors (Lipinski definition) is 1. The van der Waals surface area contributed by atoms with Crippen LogP contribution in [0.15, 0.2) is 18.2 Å². The van der Waals surface area contributed by atoms with Gasteiger partial charge in [0.25, 0.3) is 0 Å². The van der Waals surface area contributed by atoms with Crippen LogP contribution in [0, 0.1) is 13.8 Å². The molecule has 9 heteroatoms. The molecule has 0 spiro atoms. The number of hydrogen-bond acceptors (Lipinski definition) is 7. The molecular weight excluding hydrogens is 328 g/mol. The lowest BCUT2D eigenvalue weighted by molar-refractivity contribution is -0.260. The fraction of sp³-hybridized carbons (Fsp3) is 0.312. The van der Waals surface area contributed by atoms with Crippen LogP contribution in [0.1, 0.15) is 51.5 Å². The first-order valence-electron chi connectivity index (χ1n) is 7.52. The molecule has 0 saturated carbocycles. The van der Waals surface area contributed by atoms with E-state index in [9.17, 15) is 24.6 Å². The number of amides is 1. The molecule has 1 atom stereocenters. The maximum Gasteiger partial charge on any atom is 0.249 e. The van der Waals surface area contributed by atoms with Gasteiger partial charge in [0.1, 0.15) is 17.4 Å². The summed E-state index contributed by atoms with van der Waals surface area (Å²) in [6.07, 6.45) is 0.160. The zero-order valence-electron chi connectivity index (χ0n) is 13.9. The zero-order valence-corrected chi connectivity index (χ0v) is 13.9. The van der Waals surface area contributed by atoms with Crippen molar-refractivity contribution in [3.8, 4) is 0 Å². The van der Waals surface area contributed by atoms with Gasteiger partial charge in [0, 0.05) is 5.69 Å². The molecule has 0 saturated heterocycles. The topological polar surface area (TPSA) is 140 Å². The lowest BCUT2D eigenvalue weighted by Gasteiger charge is -2.19. The first-order valence-corrected chi connectivity index (χ1v) is 7.52. The van der Waals surface area contributed by atoms with Gasteiger partial charge >= 0.3 is 0 Å². The van der Waals surface area contributed by atoms with Crippen LogP contribution in [0.25, 0.3) is 0 Å². The molecule has 0 aliphatic carbocycles. The first-order chi connectivity index (χ1) is 11.8. The Kier molecular flexibility index (Phi) is 5.16. The summed E-state index contributed by atoms with van der Waals surface area (Å²) < 4.78 is 0.737. The van der Waals surface area contributed by atoms with Crippen LogP contribution < -0.4 is 15.5 Å². The molecular formula is C16H16N4O5-2. The van der Waals surface area contributed by atoms with E-state index in [-0.39, 0.29) is 6.42 Å². The molecule has 0 fully saturated rings. The van der Waals surface area contributed by atoms with Crippen molar-refractivity contribution in [1.29, 1.82) is 0 Å². The Balaban J connectivity index is 2.40. The minimum absolute atomic E-state index is 0.160. The standard InChI is InChI=1S/C16H18N4O5/c1-4-11(14(21)17-10-7-8(2)5-6-9(10)3)20-13(16(24)25)12(15(22)23)18-19-20/h5-7,11H,4H2,1-3H3,(H,17,21)(H,22,23)(H,24,25)/p-2/t11-/m0/s1. The van der Waals surface area contributed by atoms with Gasteiger partial charge in [0.05, 0.1) is 11.9 Å². The average molecular weight is 344 g/mol. The van der Waals surface area contributed by atoms with E-state index < -0.39 is 35.3 Å². The lowest BCUT2D eigenvalue weighted by atomic mass is 10.1. The maximum absolute atomic E-state index is 12.6. The molecule has 1 N–H and O–H groups in total. The Hall–Kier alpha value is -3.23. The number of nitrogens with one attached hydrogen (secondary N) is 1. The Morgan fingerprint density at radius 1 is 1.20 bits per heavy atom. The predicted molar refractivity (Wildman–Crippen MR) is 82.6 cm³/mol. The van der Waals surface area contributed by atoms with Gasteiger partial charge < -0.3 is 25.1 Å². The number of nitrogens with zero attached hydrogens (tertiary/aromatic N) is 3. The molecule has 9 nitrogen and oxygen atoms in total. The Labute approximate surface area is 143 Å². The summed E-state index contributed by atoms with van der Waals surface area (Å²) in [6, 6.07) is 4.42. The number of carboxylic acid groups (broad SMARTS) is 2. The highest BCUT2D eigenvalue weighted by molar-refractivity contribution is 5.99. The summed E-state index contributed by atoms with van der Waals surface area (Å²) >= 11 is 0. The number of aromatic carboxylic acids is 2. The quantitative estimate of drug-likeness (QED) is 0.724. The summed E-state index contributed by atoms with van der Waals surface area (Å²) in [7, 11) is 0. The molecule has 0 bridgehead atoms. The third-order valence-electron chi connectivity index (χ3n) is 3.72. The van der Waals surface area contributed by atoms with E-state index in [0.717, 1.165) is 15.8 Å². The smallest absolute Gasteiger partial charge is 0.249 e. The number of rotatable bonds is 6. The van der Waals surface area contributed by atoms with Crippen LogP contribution >= 0.6 is 0 Å². The number of anilines is 1.